The van der Waals surface area contributed by atoms with Crippen LogP contribution in [-0.4, -0.2) is 61.2 Å². The molecule has 0 aromatic rings. The van der Waals surface area contributed by atoms with Crippen molar-refractivity contribution in [3.63, 3.8) is 0 Å². The molecule has 1 aliphatic heterocycles. The van der Waals surface area contributed by atoms with Gasteiger partial charge in [0.2, 0.25) is 0 Å². The Kier molecular flexibility index (Phi) is 5.83. The van der Waals surface area contributed by atoms with Gasteiger partial charge in [-0.3, -0.25) is 5.32 Å². The zero-order chi connectivity index (χ0) is 14.4. The lowest BCUT2D eigenvalue weighted by Crippen LogP contribution is -2.45. The van der Waals surface area contributed by atoms with Crippen LogP contribution in [0.3, 0.4) is 0 Å². The summed E-state index contributed by atoms with van der Waals surface area (Å²) in [5, 5.41) is 13.1. The van der Waals surface area contributed by atoms with Crippen molar-refractivity contribution in [3.05, 3.63) is 0 Å². The molecule has 2 aliphatic rings. The standard InChI is InChI=1S/C16H30N4/c1-3-16(14-17,18-15-6-7-15)8-4-10-20-11-5-9-19(2)12-13-20/h15,18H,3-13H2,1-2H3. The van der Waals surface area contributed by atoms with Gasteiger partial charge in [0.15, 0.2) is 0 Å². The van der Waals surface area contributed by atoms with E-state index in [4.69, 9.17) is 0 Å². The van der Waals surface area contributed by atoms with Crippen LogP contribution in [0.15, 0.2) is 0 Å². The lowest BCUT2D eigenvalue weighted by atomic mass is 9.91. The highest BCUT2D eigenvalue weighted by atomic mass is 15.2. The van der Waals surface area contributed by atoms with Gasteiger partial charge >= 0.3 is 0 Å². The molecule has 1 unspecified atom stereocenters. The molecule has 1 N–H and O–H groups in total. The van der Waals surface area contributed by atoms with Crippen molar-refractivity contribution in [2.45, 2.75) is 57.0 Å². The molecule has 0 aromatic heterocycles. The van der Waals surface area contributed by atoms with Gasteiger partial charge in [0, 0.05) is 19.1 Å². The zero-order valence-corrected chi connectivity index (χ0v) is 13.2. The molecule has 1 saturated heterocycles. The fourth-order valence-corrected chi connectivity index (χ4v) is 3.06. The van der Waals surface area contributed by atoms with Crippen LogP contribution in [0.4, 0.5) is 0 Å². The maximum Gasteiger partial charge on any atom is 0.106 e. The van der Waals surface area contributed by atoms with Gasteiger partial charge < -0.3 is 9.80 Å². The second-order valence-corrected chi connectivity index (χ2v) is 6.57. The second kappa shape index (κ2) is 7.40. The van der Waals surface area contributed by atoms with Gasteiger partial charge in [-0.15, -0.1) is 0 Å². The molecule has 1 saturated carbocycles. The molecule has 20 heavy (non-hydrogen) atoms. The molecule has 1 heterocycles. The summed E-state index contributed by atoms with van der Waals surface area (Å²) in [6, 6.07) is 3.17. The minimum Gasteiger partial charge on any atom is -0.305 e. The van der Waals surface area contributed by atoms with Crippen molar-refractivity contribution in [1.82, 2.24) is 15.1 Å². The van der Waals surface area contributed by atoms with Crippen LogP contribution in [0.25, 0.3) is 0 Å². The van der Waals surface area contributed by atoms with E-state index in [1.807, 2.05) is 0 Å². The molecule has 4 heteroatoms. The first-order chi connectivity index (χ1) is 9.67. The summed E-state index contributed by atoms with van der Waals surface area (Å²) in [5.74, 6) is 0. The van der Waals surface area contributed by atoms with Crippen LogP contribution >= 0.6 is 0 Å². The van der Waals surface area contributed by atoms with Gasteiger partial charge in [-0.1, -0.05) is 6.92 Å². The molecule has 1 atom stereocenters. The fraction of sp³-hybridized carbons (Fsp3) is 0.938. The SMILES string of the molecule is CCC(C#N)(CCCN1CCCN(C)CC1)NC1CC1. The van der Waals surface area contributed by atoms with E-state index < -0.39 is 0 Å². The highest BCUT2D eigenvalue weighted by Gasteiger charge is 2.34. The maximum absolute atomic E-state index is 9.54. The van der Waals surface area contributed by atoms with Crippen LogP contribution < -0.4 is 5.32 Å². The van der Waals surface area contributed by atoms with Crippen LogP contribution in [-0.2, 0) is 0 Å². The lowest BCUT2D eigenvalue weighted by Gasteiger charge is -2.28. The minimum absolute atomic E-state index is 0.274. The Labute approximate surface area is 124 Å². The summed E-state index contributed by atoms with van der Waals surface area (Å²) in [7, 11) is 2.21. The van der Waals surface area contributed by atoms with E-state index in [1.54, 1.807) is 0 Å². The first-order valence-electron chi connectivity index (χ1n) is 8.27. The smallest absolute Gasteiger partial charge is 0.106 e. The van der Waals surface area contributed by atoms with Crippen LogP contribution in [0, 0.1) is 11.3 Å². The highest BCUT2D eigenvalue weighted by Crippen LogP contribution is 2.26. The summed E-state index contributed by atoms with van der Waals surface area (Å²) >= 11 is 0. The van der Waals surface area contributed by atoms with Gasteiger partial charge in [-0.05, 0) is 65.2 Å². The fourth-order valence-electron chi connectivity index (χ4n) is 3.06. The van der Waals surface area contributed by atoms with Crippen molar-refractivity contribution in [1.29, 1.82) is 5.26 Å². The lowest BCUT2D eigenvalue weighted by molar-refractivity contribution is 0.255. The Morgan fingerprint density at radius 2 is 2.05 bits per heavy atom. The number of nitriles is 1. The van der Waals surface area contributed by atoms with E-state index in [0.717, 1.165) is 25.8 Å². The van der Waals surface area contributed by atoms with E-state index in [-0.39, 0.29) is 5.54 Å². The van der Waals surface area contributed by atoms with Gasteiger partial charge in [-0.25, -0.2) is 0 Å². The van der Waals surface area contributed by atoms with E-state index >= 15 is 0 Å². The molecular weight excluding hydrogens is 248 g/mol. The third kappa shape index (κ3) is 4.73. The Balaban J connectivity index is 1.73. The maximum atomic E-state index is 9.54. The van der Waals surface area contributed by atoms with Crippen LogP contribution in [0.2, 0.25) is 0 Å². The quantitative estimate of drug-likeness (QED) is 0.771. The summed E-state index contributed by atoms with van der Waals surface area (Å²) in [5.41, 5.74) is -0.274. The number of hydrogen-bond acceptors (Lipinski definition) is 4. The van der Waals surface area contributed by atoms with Gasteiger partial charge in [0.25, 0.3) is 0 Å². The van der Waals surface area contributed by atoms with Gasteiger partial charge in [0.05, 0.1) is 6.07 Å². The molecule has 0 amide bonds. The summed E-state index contributed by atoms with van der Waals surface area (Å²) in [4.78, 5) is 4.98. The normalized spacial score (nSPS) is 24.9. The van der Waals surface area contributed by atoms with E-state index in [0.29, 0.717) is 6.04 Å². The van der Waals surface area contributed by atoms with E-state index in [2.05, 4.69) is 35.2 Å². The molecule has 0 radical (unpaired) electrons. The number of nitrogens with one attached hydrogen (secondary N) is 1. The first kappa shape index (κ1) is 15.8. The summed E-state index contributed by atoms with van der Waals surface area (Å²) in [6.45, 7) is 8.07. The number of hydrogen-bond donors (Lipinski definition) is 1. The predicted octanol–water partition coefficient (Wildman–Crippen LogP) is 1.83. The minimum atomic E-state index is -0.274. The van der Waals surface area contributed by atoms with Crippen LogP contribution in [0.1, 0.15) is 45.4 Å². The molecule has 1 aliphatic carbocycles. The number of nitrogens with zero attached hydrogens (tertiary/aromatic N) is 3. The molecule has 0 aromatic carbocycles. The van der Waals surface area contributed by atoms with Crippen molar-refractivity contribution in [2.75, 3.05) is 39.8 Å². The summed E-state index contributed by atoms with van der Waals surface area (Å²) < 4.78 is 0. The van der Waals surface area contributed by atoms with Gasteiger partial charge in [0.1, 0.15) is 5.54 Å². The molecule has 0 bridgehead atoms. The number of rotatable bonds is 7. The van der Waals surface area contributed by atoms with Crippen LogP contribution in [0.5, 0.6) is 0 Å². The van der Waals surface area contributed by atoms with E-state index in [1.165, 1.54) is 45.4 Å². The molecule has 114 valence electrons. The Bertz CT molecular complexity index is 334. The predicted molar refractivity (Wildman–Crippen MR) is 82.6 cm³/mol. The topological polar surface area (TPSA) is 42.3 Å². The molecule has 2 rings (SSSR count). The summed E-state index contributed by atoms with van der Waals surface area (Å²) in [6.07, 6.45) is 6.81. The molecular formula is C16H30N4. The largest absolute Gasteiger partial charge is 0.305 e. The molecule has 0 spiro atoms. The Morgan fingerprint density at radius 3 is 2.70 bits per heavy atom. The third-order valence-corrected chi connectivity index (χ3v) is 4.77. The first-order valence-corrected chi connectivity index (χ1v) is 8.27. The van der Waals surface area contributed by atoms with Gasteiger partial charge in [-0.2, -0.15) is 5.26 Å². The molecule has 4 nitrogen and oxygen atoms in total. The number of likely N-dealkylation sites (N-methyl/N-ethyl adjacent to an activating group) is 1. The van der Waals surface area contributed by atoms with Crippen molar-refractivity contribution >= 4 is 0 Å². The monoisotopic (exact) mass is 278 g/mol. The van der Waals surface area contributed by atoms with Crippen molar-refractivity contribution in [3.8, 4) is 6.07 Å². The second-order valence-electron chi connectivity index (χ2n) is 6.57. The highest BCUT2D eigenvalue weighted by molar-refractivity contribution is 5.09. The van der Waals surface area contributed by atoms with E-state index in [9.17, 15) is 5.26 Å². The average Bonchev–Trinajstić information content (AvgIpc) is 3.27. The zero-order valence-electron chi connectivity index (χ0n) is 13.2. The van der Waals surface area contributed by atoms with Crippen molar-refractivity contribution in [2.24, 2.45) is 0 Å². The average molecular weight is 278 g/mol. The van der Waals surface area contributed by atoms with Crippen molar-refractivity contribution < 1.29 is 0 Å². The molecule has 2 fully saturated rings. The Hall–Kier alpha value is -0.630. The third-order valence-electron chi connectivity index (χ3n) is 4.77. The Morgan fingerprint density at radius 1 is 1.25 bits per heavy atom.